The zero-order valence-corrected chi connectivity index (χ0v) is 10.2. The van der Waals surface area contributed by atoms with Gasteiger partial charge in [-0.1, -0.05) is 24.7 Å². The lowest BCUT2D eigenvalue weighted by atomic mass is 10.1. The van der Waals surface area contributed by atoms with Crippen LogP contribution in [0.4, 0.5) is 0 Å². The van der Waals surface area contributed by atoms with E-state index in [0.29, 0.717) is 0 Å². The maximum atomic E-state index is 8.63. The summed E-state index contributed by atoms with van der Waals surface area (Å²) in [7, 11) is 0. The Morgan fingerprint density at radius 3 is 2.88 bits per heavy atom. The molecule has 1 aromatic rings. The minimum Gasteiger partial charge on any atom is -0.493 e. The predicted octanol–water partition coefficient (Wildman–Crippen LogP) is 2.52. The van der Waals surface area contributed by atoms with Crippen molar-refractivity contribution in [1.82, 2.24) is 0 Å². The predicted molar refractivity (Wildman–Crippen MR) is 68.0 cm³/mol. The van der Waals surface area contributed by atoms with Crippen molar-refractivity contribution in [2.24, 2.45) is 5.92 Å². The largest absolute Gasteiger partial charge is 0.493 e. The fraction of sp³-hybridized carbons (Fsp3) is 0.467. The second-order valence-corrected chi connectivity index (χ2v) is 4.52. The first-order valence-corrected chi connectivity index (χ1v) is 6.13. The molecule has 0 aliphatic heterocycles. The number of aryl methyl sites for hydroxylation is 1. The summed E-state index contributed by atoms with van der Waals surface area (Å²) in [5.41, 5.74) is 2.02. The average molecular weight is 230 g/mol. The Labute approximate surface area is 103 Å². The topological polar surface area (TPSA) is 29.5 Å². The first-order chi connectivity index (χ1) is 8.29. The lowest BCUT2D eigenvalue weighted by molar-refractivity contribution is 0.300. The Hall–Kier alpha value is -1.46. The molecule has 0 heterocycles. The van der Waals surface area contributed by atoms with Gasteiger partial charge in [-0.15, -0.1) is 0 Å². The van der Waals surface area contributed by atoms with Crippen molar-refractivity contribution in [3.05, 3.63) is 29.3 Å². The van der Waals surface area contributed by atoms with Crippen molar-refractivity contribution in [2.45, 2.75) is 26.2 Å². The number of aliphatic hydroxyl groups excluding tert-OH is 1. The molecule has 90 valence electrons. The monoisotopic (exact) mass is 230 g/mol. The van der Waals surface area contributed by atoms with Gasteiger partial charge in [0.1, 0.15) is 12.4 Å². The molecule has 1 saturated carbocycles. The van der Waals surface area contributed by atoms with Gasteiger partial charge in [-0.05, 0) is 43.0 Å². The third kappa shape index (κ3) is 3.80. The molecule has 0 aromatic heterocycles. The van der Waals surface area contributed by atoms with Crippen LogP contribution in [-0.4, -0.2) is 18.3 Å². The molecule has 0 spiro atoms. The van der Waals surface area contributed by atoms with Crippen LogP contribution in [0.2, 0.25) is 0 Å². The van der Waals surface area contributed by atoms with E-state index in [1.54, 1.807) is 0 Å². The Kier molecular flexibility index (Phi) is 4.06. The average Bonchev–Trinajstić information content (AvgIpc) is 3.13. The molecule has 1 N–H and O–H groups in total. The minimum atomic E-state index is -0.0985. The molecular weight excluding hydrogens is 212 g/mol. The molecule has 1 aliphatic carbocycles. The summed E-state index contributed by atoms with van der Waals surface area (Å²) in [4.78, 5) is 0. The lowest BCUT2D eigenvalue weighted by Gasteiger charge is -2.08. The van der Waals surface area contributed by atoms with Gasteiger partial charge in [-0.25, -0.2) is 0 Å². The summed E-state index contributed by atoms with van der Waals surface area (Å²) in [6, 6.07) is 5.89. The highest BCUT2D eigenvalue weighted by atomic mass is 16.5. The number of rotatable bonds is 4. The minimum absolute atomic E-state index is 0.0985. The number of hydrogen-bond donors (Lipinski definition) is 1. The summed E-state index contributed by atoms with van der Waals surface area (Å²) < 4.78 is 5.75. The van der Waals surface area contributed by atoms with Crippen molar-refractivity contribution in [1.29, 1.82) is 0 Å². The highest BCUT2D eigenvalue weighted by Gasteiger charge is 2.20. The van der Waals surface area contributed by atoms with Gasteiger partial charge in [0, 0.05) is 5.56 Å². The highest BCUT2D eigenvalue weighted by molar-refractivity contribution is 5.43. The van der Waals surface area contributed by atoms with Crippen molar-refractivity contribution >= 4 is 0 Å². The maximum absolute atomic E-state index is 8.63. The van der Waals surface area contributed by atoms with Gasteiger partial charge in [0.25, 0.3) is 0 Å². The van der Waals surface area contributed by atoms with Gasteiger partial charge in [0.2, 0.25) is 0 Å². The third-order valence-corrected chi connectivity index (χ3v) is 2.97. The van der Waals surface area contributed by atoms with Crippen LogP contribution in [-0.2, 0) is 0 Å². The summed E-state index contributed by atoms with van der Waals surface area (Å²) in [5, 5.41) is 8.63. The molecule has 2 nitrogen and oxygen atoms in total. The smallest absolute Gasteiger partial charge is 0.122 e. The summed E-state index contributed by atoms with van der Waals surface area (Å²) >= 11 is 0. The van der Waals surface area contributed by atoms with Crippen molar-refractivity contribution in [3.8, 4) is 17.6 Å². The van der Waals surface area contributed by atoms with E-state index in [-0.39, 0.29) is 6.61 Å². The van der Waals surface area contributed by atoms with Crippen molar-refractivity contribution < 1.29 is 9.84 Å². The van der Waals surface area contributed by atoms with Crippen LogP contribution in [0, 0.1) is 24.7 Å². The molecule has 1 aliphatic rings. The molecule has 1 fully saturated rings. The quantitative estimate of drug-likeness (QED) is 0.805. The molecule has 0 radical (unpaired) electrons. The number of benzene rings is 1. The van der Waals surface area contributed by atoms with Crippen LogP contribution >= 0.6 is 0 Å². The second kappa shape index (κ2) is 5.75. The molecule has 2 heteroatoms. The van der Waals surface area contributed by atoms with E-state index >= 15 is 0 Å². The van der Waals surface area contributed by atoms with Crippen LogP contribution in [0.25, 0.3) is 0 Å². The van der Waals surface area contributed by atoms with Crippen LogP contribution in [0.15, 0.2) is 18.2 Å². The third-order valence-electron chi connectivity index (χ3n) is 2.97. The molecular formula is C15H18O2. The van der Waals surface area contributed by atoms with Crippen molar-refractivity contribution in [2.75, 3.05) is 13.2 Å². The first-order valence-electron chi connectivity index (χ1n) is 6.13. The van der Waals surface area contributed by atoms with E-state index in [0.717, 1.165) is 29.4 Å². The Morgan fingerprint density at radius 1 is 1.41 bits per heavy atom. The second-order valence-electron chi connectivity index (χ2n) is 4.52. The molecule has 0 bridgehead atoms. The zero-order valence-electron chi connectivity index (χ0n) is 10.2. The van der Waals surface area contributed by atoms with Gasteiger partial charge in [-0.2, -0.15) is 0 Å². The Morgan fingerprint density at radius 2 is 2.24 bits per heavy atom. The first kappa shape index (κ1) is 12.0. The Bertz CT molecular complexity index is 436. The molecule has 0 unspecified atom stereocenters. The fourth-order valence-corrected chi connectivity index (χ4v) is 1.77. The molecule has 0 amide bonds. The summed E-state index contributed by atoms with van der Waals surface area (Å²) in [6.07, 6.45) is 3.92. The molecule has 2 rings (SSSR count). The van der Waals surface area contributed by atoms with Crippen LogP contribution in [0.5, 0.6) is 5.75 Å². The number of ether oxygens (including phenoxy) is 1. The van der Waals surface area contributed by atoms with E-state index in [2.05, 4.69) is 11.8 Å². The molecule has 0 atom stereocenters. The summed E-state index contributed by atoms with van der Waals surface area (Å²) in [6.45, 7) is 2.74. The lowest BCUT2D eigenvalue weighted by Crippen LogP contribution is -1.99. The van der Waals surface area contributed by atoms with E-state index in [4.69, 9.17) is 9.84 Å². The normalized spacial score (nSPS) is 14.0. The zero-order chi connectivity index (χ0) is 12.1. The number of hydrogen-bond acceptors (Lipinski definition) is 2. The highest BCUT2D eigenvalue weighted by Crippen LogP contribution is 2.32. The van der Waals surface area contributed by atoms with E-state index < -0.39 is 0 Å². The van der Waals surface area contributed by atoms with Crippen LogP contribution < -0.4 is 4.74 Å². The molecule has 17 heavy (non-hydrogen) atoms. The SMILES string of the molecule is Cc1cc(C#CCO)ccc1OCCC1CC1. The van der Waals surface area contributed by atoms with E-state index in [1.807, 2.05) is 25.1 Å². The fourth-order valence-electron chi connectivity index (χ4n) is 1.77. The maximum Gasteiger partial charge on any atom is 0.122 e. The summed E-state index contributed by atoms with van der Waals surface area (Å²) in [5.74, 6) is 7.39. The van der Waals surface area contributed by atoms with Gasteiger partial charge in [0.15, 0.2) is 0 Å². The molecule has 1 aromatic carbocycles. The standard InChI is InChI=1S/C15H18O2/c1-12-11-14(3-2-9-16)6-7-15(12)17-10-8-13-4-5-13/h6-7,11,13,16H,4-5,8-10H2,1H3. The van der Waals surface area contributed by atoms with Crippen LogP contribution in [0.1, 0.15) is 30.4 Å². The number of aliphatic hydroxyl groups is 1. The van der Waals surface area contributed by atoms with E-state index in [9.17, 15) is 0 Å². The van der Waals surface area contributed by atoms with Crippen molar-refractivity contribution in [3.63, 3.8) is 0 Å². The molecule has 0 saturated heterocycles. The van der Waals surface area contributed by atoms with Crippen LogP contribution in [0.3, 0.4) is 0 Å². The van der Waals surface area contributed by atoms with E-state index in [1.165, 1.54) is 19.3 Å². The Balaban J connectivity index is 1.92. The van der Waals surface area contributed by atoms with Gasteiger partial charge in [0.05, 0.1) is 6.61 Å². The van der Waals surface area contributed by atoms with Gasteiger partial charge in [-0.3, -0.25) is 0 Å². The van der Waals surface area contributed by atoms with Gasteiger partial charge >= 0.3 is 0 Å². The van der Waals surface area contributed by atoms with Gasteiger partial charge < -0.3 is 9.84 Å².